The molecule has 2 aliphatic heterocycles. The maximum absolute atomic E-state index is 14.0. The molecule has 0 N–H and O–H groups in total. The number of benzene rings is 1. The van der Waals surface area contributed by atoms with Gasteiger partial charge in [0.15, 0.2) is 0 Å². The average molecular weight is 466 g/mol. The van der Waals surface area contributed by atoms with Crippen LogP contribution in [0.2, 0.25) is 0 Å². The van der Waals surface area contributed by atoms with Crippen molar-refractivity contribution in [1.29, 1.82) is 0 Å². The monoisotopic (exact) mass is 465 g/mol. The molecule has 0 atom stereocenters. The minimum Gasteiger partial charge on any atom is -0.341 e. The number of sulfonamides is 1. The highest BCUT2D eigenvalue weighted by Gasteiger charge is 2.35. The van der Waals surface area contributed by atoms with Gasteiger partial charge in [-0.1, -0.05) is 31.4 Å². The molecule has 3 fully saturated rings. The first-order chi connectivity index (χ1) is 15.4. The Balaban J connectivity index is 1.28. The minimum atomic E-state index is -3.87. The minimum absolute atomic E-state index is 0.146. The van der Waals surface area contributed by atoms with Crippen LogP contribution in [-0.4, -0.2) is 74.2 Å². The summed E-state index contributed by atoms with van der Waals surface area (Å²) in [5.74, 6) is 0.0965. The van der Waals surface area contributed by atoms with Crippen molar-refractivity contribution in [3.63, 3.8) is 0 Å². The third-order valence-electron chi connectivity index (χ3n) is 7.40. The molecule has 0 spiro atoms. The SMILES string of the molecule is O=C(C1CCN(S(=O)(=O)c2ccccc2F)CC1)N1CCCN(CC2CCCCC2)CC1. The first kappa shape index (κ1) is 23.6. The van der Waals surface area contributed by atoms with Crippen molar-refractivity contribution in [2.75, 3.05) is 45.8 Å². The number of hydrogen-bond donors (Lipinski definition) is 0. The molecule has 4 rings (SSSR count). The molecule has 178 valence electrons. The summed E-state index contributed by atoms with van der Waals surface area (Å²) in [6, 6.07) is 5.48. The summed E-state index contributed by atoms with van der Waals surface area (Å²) < 4.78 is 41.0. The zero-order valence-corrected chi connectivity index (χ0v) is 19.7. The van der Waals surface area contributed by atoms with Gasteiger partial charge >= 0.3 is 0 Å². The zero-order valence-electron chi connectivity index (χ0n) is 18.9. The molecule has 0 radical (unpaired) electrons. The first-order valence-corrected chi connectivity index (χ1v) is 13.6. The van der Waals surface area contributed by atoms with Gasteiger partial charge in [-0.2, -0.15) is 4.31 Å². The Morgan fingerprint density at radius 3 is 2.31 bits per heavy atom. The second-order valence-electron chi connectivity index (χ2n) is 9.59. The lowest BCUT2D eigenvalue weighted by Gasteiger charge is -2.33. The van der Waals surface area contributed by atoms with Gasteiger partial charge in [-0.05, 0) is 56.7 Å². The van der Waals surface area contributed by atoms with Gasteiger partial charge in [-0.15, -0.1) is 0 Å². The largest absolute Gasteiger partial charge is 0.341 e. The molecule has 2 heterocycles. The van der Waals surface area contributed by atoms with Gasteiger partial charge in [0.25, 0.3) is 0 Å². The summed E-state index contributed by atoms with van der Waals surface area (Å²) in [7, 11) is -3.87. The zero-order chi connectivity index (χ0) is 22.6. The number of amides is 1. The number of halogens is 1. The van der Waals surface area contributed by atoms with E-state index < -0.39 is 15.8 Å². The smallest absolute Gasteiger partial charge is 0.245 e. The predicted octanol–water partition coefficient (Wildman–Crippen LogP) is 3.34. The highest BCUT2D eigenvalue weighted by molar-refractivity contribution is 7.89. The Morgan fingerprint density at radius 1 is 0.875 bits per heavy atom. The van der Waals surface area contributed by atoms with E-state index in [0.717, 1.165) is 45.1 Å². The average Bonchev–Trinajstić information content (AvgIpc) is 3.05. The molecule has 1 amide bonds. The standard InChI is InChI=1S/C24H36FN3O3S/c25-22-9-4-5-10-23(22)32(30,31)28-15-11-21(12-16-28)24(29)27-14-6-13-26(17-18-27)19-20-7-2-1-3-8-20/h4-5,9-10,20-21H,1-3,6-8,11-19H2. The van der Waals surface area contributed by atoms with E-state index >= 15 is 0 Å². The second kappa shape index (κ2) is 10.6. The van der Waals surface area contributed by atoms with E-state index in [0.29, 0.717) is 12.8 Å². The summed E-state index contributed by atoms with van der Waals surface area (Å²) in [6.45, 7) is 5.22. The number of rotatable bonds is 5. The molecule has 3 aliphatic rings. The van der Waals surface area contributed by atoms with Crippen LogP contribution in [0, 0.1) is 17.7 Å². The fourth-order valence-electron chi connectivity index (χ4n) is 5.50. The molecule has 6 nitrogen and oxygen atoms in total. The van der Waals surface area contributed by atoms with Crippen LogP contribution >= 0.6 is 0 Å². The lowest BCUT2D eigenvalue weighted by Crippen LogP contribution is -2.45. The summed E-state index contributed by atoms with van der Waals surface area (Å²) >= 11 is 0. The topological polar surface area (TPSA) is 60.9 Å². The highest BCUT2D eigenvalue weighted by Crippen LogP contribution is 2.27. The molecular formula is C24H36FN3O3S. The van der Waals surface area contributed by atoms with E-state index in [1.165, 1.54) is 60.7 Å². The molecule has 0 aromatic heterocycles. The van der Waals surface area contributed by atoms with E-state index in [-0.39, 0.29) is 29.8 Å². The summed E-state index contributed by atoms with van der Waals surface area (Å²) in [5, 5.41) is 0. The van der Waals surface area contributed by atoms with Crippen LogP contribution in [0.5, 0.6) is 0 Å². The third-order valence-corrected chi connectivity index (χ3v) is 9.33. The molecule has 1 aromatic carbocycles. The number of piperidine rings is 1. The van der Waals surface area contributed by atoms with E-state index in [2.05, 4.69) is 4.90 Å². The molecule has 1 aromatic rings. The van der Waals surface area contributed by atoms with Gasteiger partial charge in [-0.3, -0.25) is 4.79 Å². The predicted molar refractivity (Wildman–Crippen MR) is 122 cm³/mol. The van der Waals surface area contributed by atoms with Crippen molar-refractivity contribution >= 4 is 15.9 Å². The maximum atomic E-state index is 14.0. The molecule has 0 unspecified atom stereocenters. The molecular weight excluding hydrogens is 429 g/mol. The summed E-state index contributed by atoms with van der Waals surface area (Å²) in [4.78, 5) is 17.4. The van der Waals surface area contributed by atoms with Gasteiger partial charge in [0.2, 0.25) is 15.9 Å². The Labute approximate surface area is 191 Å². The highest BCUT2D eigenvalue weighted by atomic mass is 32.2. The Morgan fingerprint density at radius 2 is 1.59 bits per heavy atom. The molecule has 0 bridgehead atoms. The molecule has 1 saturated carbocycles. The third kappa shape index (κ3) is 5.51. The van der Waals surface area contributed by atoms with Crippen LogP contribution < -0.4 is 0 Å². The van der Waals surface area contributed by atoms with Crippen molar-refractivity contribution in [2.45, 2.75) is 56.3 Å². The van der Waals surface area contributed by atoms with Crippen molar-refractivity contribution in [3.8, 4) is 0 Å². The fourth-order valence-corrected chi connectivity index (χ4v) is 7.04. The maximum Gasteiger partial charge on any atom is 0.245 e. The Kier molecular flexibility index (Phi) is 7.84. The van der Waals surface area contributed by atoms with Crippen LogP contribution in [0.3, 0.4) is 0 Å². The summed E-state index contributed by atoms with van der Waals surface area (Å²) in [5.41, 5.74) is 0. The van der Waals surface area contributed by atoms with E-state index in [1.807, 2.05) is 4.90 Å². The van der Waals surface area contributed by atoms with Crippen molar-refractivity contribution in [1.82, 2.24) is 14.1 Å². The number of carbonyl (C=O) groups is 1. The Bertz CT molecular complexity index is 880. The van der Waals surface area contributed by atoms with Crippen LogP contribution in [0.15, 0.2) is 29.2 Å². The van der Waals surface area contributed by atoms with Crippen LogP contribution in [0.25, 0.3) is 0 Å². The van der Waals surface area contributed by atoms with E-state index in [1.54, 1.807) is 0 Å². The quantitative estimate of drug-likeness (QED) is 0.669. The first-order valence-electron chi connectivity index (χ1n) is 12.2. The van der Waals surface area contributed by atoms with Gasteiger partial charge in [-0.25, -0.2) is 12.8 Å². The number of hydrogen-bond acceptors (Lipinski definition) is 4. The molecule has 32 heavy (non-hydrogen) atoms. The number of nitrogens with zero attached hydrogens (tertiary/aromatic N) is 3. The molecule has 1 aliphatic carbocycles. The van der Waals surface area contributed by atoms with Gasteiger partial charge in [0, 0.05) is 45.2 Å². The fraction of sp³-hybridized carbons (Fsp3) is 0.708. The van der Waals surface area contributed by atoms with Crippen molar-refractivity contribution < 1.29 is 17.6 Å². The van der Waals surface area contributed by atoms with Gasteiger partial charge in [0.1, 0.15) is 10.7 Å². The normalized spacial score (nSPS) is 23.2. The van der Waals surface area contributed by atoms with Gasteiger partial charge in [0.05, 0.1) is 0 Å². The van der Waals surface area contributed by atoms with Crippen LogP contribution in [-0.2, 0) is 14.8 Å². The van der Waals surface area contributed by atoms with Gasteiger partial charge < -0.3 is 9.80 Å². The van der Waals surface area contributed by atoms with E-state index in [9.17, 15) is 17.6 Å². The summed E-state index contributed by atoms with van der Waals surface area (Å²) in [6.07, 6.45) is 8.76. The van der Waals surface area contributed by atoms with Crippen LogP contribution in [0.4, 0.5) is 4.39 Å². The molecule has 8 heteroatoms. The van der Waals surface area contributed by atoms with Crippen LogP contribution in [0.1, 0.15) is 51.4 Å². The van der Waals surface area contributed by atoms with Crippen molar-refractivity contribution in [3.05, 3.63) is 30.1 Å². The van der Waals surface area contributed by atoms with E-state index in [4.69, 9.17) is 0 Å². The second-order valence-corrected chi connectivity index (χ2v) is 11.5. The lowest BCUT2D eigenvalue weighted by molar-refractivity contribution is -0.136. The lowest BCUT2D eigenvalue weighted by atomic mass is 9.89. The number of carbonyl (C=O) groups excluding carboxylic acids is 1. The Hall–Kier alpha value is -1.51. The molecule has 2 saturated heterocycles. The van der Waals surface area contributed by atoms with Crippen molar-refractivity contribution in [2.24, 2.45) is 11.8 Å².